The van der Waals surface area contributed by atoms with Crippen LogP contribution in [0.3, 0.4) is 0 Å². The smallest absolute Gasteiger partial charge is 0.102 e. The lowest BCUT2D eigenvalue weighted by atomic mass is 10.1. The quantitative estimate of drug-likeness (QED) is 0.616. The fourth-order valence-corrected chi connectivity index (χ4v) is 2.07. The molecule has 0 atom stereocenters. The van der Waals surface area contributed by atoms with Gasteiger partial charge in [-0.1, -0.05) is 24.3 Å². The highest BCUT2D eigenvalue weighted by atomic mass is 127. The van der Waals surface area contributed by atoms with E-state index in [1.54, 1.807) is 0 Å². The molecule has 0 bridgehead atoms. The Bertz CT molecular complexity index is 545. The van der Waals surface area contributed by atoms with Gasteiger partial charge in [-0.3, -0.25) is 0 Å². The molecule has 1 aromatic carbocycles. The first kappa shape index (κ1) is 13.1. The van der Waals surface area contributed by atoms with Gasteiger partial charge in [0.1, 0.15) is 3.70 Å². The molecule has 2 aromatic rings. The second kappa shape index (κ2) is 6.00. The van der Waals surface area contributed by atoms with Crippen molar-refractivity contribution in [2.45, 2.75) is 0 Å². The Labute approximate surface area is 121 Å². The number of hydrogen-bond donors (Lipinski definition) is 0. The zero-order valence-corrected chi connectivity index (χ0v) is 12.6. The zero-order valence-electron chi connectivity index (χ0n) is 10.5. The molecule has 0 radical (unpaired) electrons. The molecule has 0 saturated carbocycles. The average Bonchev–Trinajstić information content (AvgIpc) is 2.37. The Morgan fingerprint density at radius 3 is 2.33 bits per heavy atom. The number of benzene rings is 1. The van der Waals surface area contributed by atoms with Gasteiger partial charge in [0.05, 0.1) is 5.69 Å². The maximum absolute atomic E-state index is 4.43. The van der Waals surface area contributed by atoms with Crippen molar-refractivity contribution in [1.29, 1.82) is 0 Å². The van der Waals surface area contributed by atoms with Gasteiger partial charge < -0.3 is 4.90 Å². The lowest BCUT2D eigenvalue weighted by molar-refractivity contribution is 1.13. The molecule has 0 aliphatic heterocycles. The van der Waals surface area contributed by atoms with E-state index < -0.39 is 0 Å². The molecule has 92 valence electrons. The summed E-state index contributed by atoms with van der Waals surface area (Å²) in [6.45, 7) is 0. The summed E-state index contributed by atoms with van der Waals surface area (Å²) in [6, 6.07) is 14.5. The number of pyridine rings is 1. The molecule has 0 amide bonds. The summed E-state index contributed by atoms with van der Waals surface area (Å²) < 4.78 is 1.01. The summed E-state index contributed by atoms with van der Waals surface area (Å²) >= 11 is 2.22. The predicted molar refractivity (Wildman–Crippen MR) is 86.7 cm³/mol. The van der Waals surface area contributed by atoms with Crippen LogP contribution in [0.2, 0.25) is 0 Å². The summed E-state index contributed by atoms with van der Waals surface area (Å²) in [7, 11) is 4.08. The number of hydrogen-bond acceptors (Lipinski definition) is 2. The lowest BCUT2D eigenvalue weighted by Gasteiger charge is -2.11. The van der Waals surface area contributed by atoms with Gasteiger partial charge in [-0.15, -0.1) is 0 Å². The third kappa shape index (κ3) is 3.57. The van der Waals surface area contributed by atoms with Crippen LogP contribution >= 0.6 is 22.6 Å². The molecular formula is C15H15IN2. The number of aromatic nitrogens is 1. The molecular weight excluding hydrogens is 335 g/mol. The average molecular weight is 350 g/mol. The van der Waals surface area contributed by atoms with E-state index in [-0.39, 0.29) is 0 Å². The van der Waals surface area contributed by atoms with Crippen LogP contribution in [0.1, 0.15) is 11.3 Å². The Morgan fingerprint density at radius 2 is 1.72 bits per heavy atom. The lowest BCUT2D eigenvalue weighted by Crippen LogP contribution is -2.07. The van der Waals surface area contributed by atoms with Crippen LogP contribution in [-0.2, 0) is 0 Å². The van der Waals surface area contributed by atoms with Crippen molar-refractivity contribution in [1.82, 2.24) is 4.98 Å². The zero-order chi connectivity index (χ0) is 13.0. The van der Waals surface area contributed by atoms with E-state index in [1.165, 1.54) is 11.3 Å². The molecule has 0 aliphatic carbocycles. The van der Waals surface area contributed by atoms with E-state index in [4.69, 9.17) is 0 Å². The van der Waals surface area contributed by atoms with Gasteiger partial charge in [0.25, 0.3) is 0 Å². The van der Waals surface area contributed by atoms with Crippen LogP contribution in [0, 0.1) is 3.70 Å². The minimum Gasteiger partial charge on any atom is -0.378 e. The van der Waals surface area contributed by atoms with E-state index in [0.717, 1.165) is 9.39 Å². The first-order valence-electron chi connectivity index (χ1n) is 5.73. The third-order valence-electron chi connectivity index (χ3n) is 2.59. The molecule has 2 rings (SSSR count). The van der Waals surface area contributed by atoms with Gasteiger partial charge in [-0.25, -0.2) is 4.98 Å². The minimum absolute atomic E-state index is 0.985. The fourth-order valence-electron chi connectivity index (χ4n) is 1.58. The largest absolute Gasteiger partial charge is 0.378 e. The first-order valence-corrected chi connectivity index (χ1v) is 6.81. The predicted octanol–water partition coefficient (Wildman–Crippen LogP) is 3.92. The van der Waals surface area contributed by atoms with Gasteiger partial charge in [-0.05, 0) is 58.5 Å². The molecule has 0 aliphatic rings. The van der Waals surface area contributed by atoms with Crippen LogP contribution in [0.4, 0.5) is 5.69 Å². The summed E-state index contributed by atoms with van der Waals surface area (Å²) in [5, 5.41) is 0. The van der Waals surface area contributed by atoms with Crippen LogP contribution in [0.25, 0.3) is 12.2 Å². The Morgan fingerprint density at radius 1 is 1.00 bits per heavy atom. The van der Waals surface area contributed by atoms with E-state index >= 15 is 0 Å². The van der Waals surface area contributed by atoms with Crippen LogP contribution < -0.4 is 4.90 Å². The molecule has 0 N–H and O–H groups in total. The molecule has 18 heavy (non-hydrogen) atoms. The normalized spacial score (nSPS) is 10.8. The van der Waals surface area contributed by atoms with E-state index in [0.29, 0.717) is 0 Å². The van der Waals surface area contributed by atoms with Crippen molar-refractivity contribution in [2.24, 2.45) is 0 Å². The summed E-state index contributed by atoms with van der Waals surface area (Å²) in [5.74, 6) is 0. The highest BCUT2D eigenvalue weighted by Gasteiger charge is 1.94. The van der Waals surface area contributed by atoms with Gasteiger partial charge in [-0.2, -0.15) is 0 Å². The summed E-state index contributed by atoms with van der Waals surface area (Å²) in [6.07, 6.45) is 4.12. The molecule has 0 saturated heterocycles. The van der Waals surface area contributed by atoms with Crippen LogP contribution in [0.15, 0.2) is 42.5 Å². The third-order valence-corrected chi connectivity index (χ3v) is 3.19. The topological polar surface area (TPSA) is 16.1 Å². The van der Waals surface area contributed by atoms with Crippen molar-refractivity contribution in [3.05, 3.63) is 57.4 Å². The monoisotopic (exact) mass is 350 g/mol. The molecule has 1 heterocycles. The van der Waals surface area contributed by atoms with Gasteiger partial charge in [0.15, 0.2) is 0 Å². The summed E-state index contributed by atoms with van der Waals surface area (Å²) in [5.41, 5.74) is 3.37. The van der Waals surface area contributed by atoms with Crippen molar-refractivity contribution in [2.75, 3.05) is 19.0 Å². The second-order valence-corrected chi connectivity index (χ2v) is 5.31. The maximum atomic E-state index is 4.43. The van der Waals surface area contributed by atoms with E-state index in [2.05, 4.69) is 62.8 Å². The Balaban J connectivity index is 2.14. The minimum atomic E-state index is 0.985. The van der Waals surface area contributed by atoms with Crippen LogP contribution in [-0.4, -0.2) is 19.1 Å². The van der Waals surface area contributed by atoms with Crippen molar-refractivity contribution >= 4 is 40.4 Å². The standard InChI is InChI=1S/C15H15IN2/c1-18(2)14-10-7-12(8-11-14)6-9-13-4-3-5-15(16)17-13/h3-11H,1-2H3. The SMILES string of the molecule is CN(C)c1ccc(C=Cc2cccc(I)n2)cc1. The Hall–Kier alpha value is -1.36. The van der Waals surface area contributed by atoms with Crippen LogP contribution in [0.5, 0.6) is 0 Å². The fraction of sp³-hybridized carbons (Fsp3) is 0.133. The number of nitrogens with zero attached hydrogens (tertiary/aromatic N) is 2. The molecule has 0 spiro atoms. The van der Waals surface area contributed by atoms with E-state index in [9.17, 15) is 0 Å². The number of halogens is 1. The van der Waals surface area contributed by atoms with Gasteiger partial charge in [0.2, 0.25) is 0 Å². The van der Waals surface area contributed by atoms with Crippen molar-refractivity contribution < 1.29 is 0 Å². The molecule has 0 unspecified atom stereocenters. The van der Waals surface area contributed by atoms with Crippen molar-refractivity contribution in [3.63, 3.8) is 0 Å². The second-order valence-electron chi connectivity index (χ2n) is 4.20. The van der Waals surface area contributed by atoms with Gasteiger partial charge in [0, 0.05) is 19.8 Å². The maximum Gasteiger partial charge on any atom is 0.102 e. The van der Waals surface area contributed by atoms with Crippen molar-refractivity contribution in [3.8, 4) is 0 Å². The number of anilines is 1. The highest BCUT2D eigenvalue weighted by Crippen LogP contribution is 2.14. The first-order chi connectivity index (χ1) is 8.65. The Kier molecular flexibility index (Phi) is 4.36. The number of rotatable bonds is 3. The van der Waals surface area contributed by atoms with Gasteiger partial charge >= 0.3 is 0 Å². The van der Waals surface area contributed by atoms with E-state index in [1.807, 2.05) is 38.4 Å². The highest BCUT2D eigenvalue weighted by molar-refractivity contribution is 14.1. The molecule has 1 aromatic heterocycles. The summed E-state index contributed by atoms with van der Waals surface area (Å²) in [4.78, 5) is 6.52. The molecule has 0 fully saturated rings. The molecule has 3 heteroatoms. The molecule has 2 nitrogen and oxygen atoms in total.